The predicted molar refractivity (Wildman–Crippen MR) is 90.6 cm³/mol. The number of halogens is 1. The number of nitrogens with zero attached hydrogens (tertiary/aromatic N) is 2. The lowest BCUT2D eigenvalue weighted by Gasteiger charge is -2.20. The molecule has 1 unspecified atom stereocenters. The Morgan fingerprint density at radius 2 is 2.08 bits per heavy atom. The van der Waals surface area contributed by atoms with Crippen LogP contribution >= 0.6 is 0 Å². The van der Waals surface area contributed by atoms with Crippen LogP contribution in [0.15, 0.2) is 53.7 Å². The zero-order valence-corrected chi connectivity index (χ0v) is 13.7. The van der Waals surface area contributed by atoms with Crippen molar-refractivity contribution >= 4 is 11.6 Å². The molecule has 4 nitrogen and oxygen atoms in total. The summed E-state index contributed by atoms with van der Waals surface area (Å²) in [7, 11) is 1.68. The third-order valence-electron chi connectivity index (χ3n) is 4.08. The van der Waals surface area contributed by atoms with Crippen LogP contribution in [-0.2, 0) is 4.84 Å². The van der Waals surface area contributed by atoms with Gasteiger partial charge < -0.3 is 9.74 Å². The highest BCUT2D eigenvalue weighted by molar-refractivity contribution is 6.02. The molecule has 0 saturated carbocycles. The minimum atomic E-state index is -0.420. The average molecular weight is 326 g/mol. The molecular weight excluding hydrogens is 307 g/mol. The third-order valence-corrected chi connectivity index (χ3v) is 4.08. The topological polar surface area (TPSA) is 41.9 Å². The summed E-state index contributed by atoms with van der Waals surface area (Å²) in [5.74, 6) is -0.654. The van der Waals surface area contributed by atoms with Gasteiger partial charge in [0.15, 0.2) is 6.10 Å². The second-order valence-corrected chi connectivity index (χ2v) is 5.98. The molecule has 2 aromatic rings. The number of aryl methyl sites for hydroxylation is 1. The Morgan fingerprint density at radius 3 is 2.83 bits per heavy atom. The van der Waals surface area contributed by atoms with E-state index in [-0.39, 0.29) is 12.0 Å². The molecule has 1 heterocycles. The molecule has 124 valence electrons. The van der Waals surface area contributed by atoms with Gasteiger partial charge in [0.2, 0.25) is 0 Å². The zero-order valence-electron chi connectivity index (χ0n) is 13.7. The summed E-state index contributed by atoms with van der Waals surface area (Å²) in [4.78, 5) is 19.4. The van der Waals surface area contributed by atoms with Crippen LogP contribution in [0.5, 0.6) is 0 Å². The van der Waals surface area contributed by atoms with E-state index >= 15 is 0 Å². The van der Waals surface area contributed by atoms with E-state index in [1.807, 2.05) is 31.2 Å². The lowest BCUT2D eigenvalue weighted by molar-refractivity contribution is 0.0482. The van der Waals surface area contributed by atoms with Crippen LogP contribution in [-0.4, -0.2) is 36.2 Å². The molecule has 5 heteroatoms. The second-order valence-electron chi connectivity index (χ2n) is 5.98. The summed E-state index contributed by atoms with van der Waals surface area (Å²) < 4.78 is 13.3. The fourth-order valence-corrected chi connectivity index (χ4v) is 2.81. The minimum absolute atomic E-state index is 0.192. The van der Waals surface area contributed by atoms with Crippen molar-refractivity contribution < 1.29 is 14.0 Å². The first kappa shape index (κ1) is 16.2. The van der Waals surface area contributed by atoms with Gasteiger partial charge in [-0.25, -0.2) is 4.39 Å². The summed E-state index contributed by atoms with van der Waals surface area (Å²) >= 11 is 0. The maximum absolute atomic E-state index is 13.3. The molecule has 0 spiro atoms. The quantitative estimate of drug-likeness (QED) is 0.864. The molecule has 0 aromatic heterocycles. The molecule has 1 amide bonds. The number of carbonyl (C=O) groups is 1. The van der Waals surface area contributed by atoms with Gasteiger partial charge in [0.25, 0.3) is 5.91 Å². The zero-order chi connectivity index (χ0) is 17.1. The number of benzene rings is 2. The van der Waals surface area contributed by atoms with Crippen molar-refractivity contribution in [1.82, 2.24) is 4.90 Å². The number of oxime groups is 1. The van der Waals surface area contributed by atoms with Crippen molar-refractivity contribution in [2.75, 3.05) is 13.6 Å². The highest BCUT2D eigenvalue weighted by Crippen LogP contribution is 2.20. The summed E-state index contributed by atoms with van der Waals surface area (Å²) in [6.07, 6.45) is 0.452. The Balaban J connectivity index is 1.62. The number of hydrogen-bond acceptors (Lipinski definition) is 3. The molecule has 1 aliphatic heterocycles. The van der Waals surface area contributed by atoms with Gasteiger partial charge in [0.05, 0.1) is 12.3 Å². The van der Waals surface area contributed by atoms with Crippen LogP contribution in [0.3, 0.4) is 0 Å². The van der Waals surface area contributed by atoms with Crippen LogP contribution in [0.25, 0.3) is 0 Å². The summed E-state index contributed by atoms with van der Waals surface area (Å²) in [6.45, 7) is 2.43. The molecule has 0 fully saturated rings. The average Bonchev–Trinajstić information content (AvgIpc) is 3.02. The normalized spacial score (nSPS) is 16.5. The minimum Gasteiger partial charge on any atom is -0.390 e. The fourth-order valence-electron chi connectivity index (χ4n) is 2.81. The highest BCUT2D eigenvalue weighted by Gasteiger charge is 2.26. The molecule has 1 aliphatic rings. The maximum atomic E-state index is 13.3. The maximum Gasteiger partial charge on any atom is 0.253 e. The van der Waals surface area contributed by atoms with Gasteiger partial charge in [-0.3, -0.25) is 4.79 Å². The number of hydrogen-bond donors (Lipinski definition) is 0. The van der Waals surface area contributed by atoms with E-state index in [9.17, 15) is 9.18 Å². The van der Waals surface area contributed by atoms with E-state index in [0.717, 1.165) is 16.8 Å². The number of rotatable bonds is 4. The predicted octanol–water partition coefficient (Wildman–Crippen LogP) is 3.40. The van der Waals surface area contributed by atoms with E-state index in [1.54, 1.807) is 13.1 Å². The number of amides is 1. The van der Waals surface area contributed by atoms with E-state index in [2.05, 4.69) is 5.16 Å². The van der Waals surface area contributed by atoms with Gasteiger partial charge in [-0.15, -0.1) is 0 Å². The molecule has 24 heavy (non-hydrogen) atoms. The lowest BCUT2D eigenvalue weighted by Crippen LogP contribution is -2.34. The lowest BCUT2D eigenvalue weighted by atomic mass is 10.0. The van der Waals surface area contributed by atoms with Gasteiger partial charge >= 0.3 is 0 Å². The summed E-state index contributed by atoms with van der Waals surface area (Å²) in [6, 6.07) is 13.7. The van der Waals surface area contributed by atoms with Crippen LogP contribution in [0.1, 0.15) is 27.9 Å². The third kappa shape index (κ3) is 3.45. The first-order chi connectivity index (χ1) is 11.5. The molecule has 0 saturated heterocycles. The Morgan fingerprint density at radius 1 is 1.29 bits per heavy atom. The molecule has 1 atom stereocenters. The van der Waals surface area contributed by atoms with Crippen molar-refractivity contribution in [3.05, 3.63) is 71.0 Å². The van der Waals surface area contributed by atoms with Crippen molar-refractivity contribution in [3.8, 4) is 0 Å². The second kappa shape index (κ2) is 6.83. The molecular formula is C19H19FN2O2. The van der Waals surface area contributed by atoms with Crippen LogP contribution in [0, 0.1) is 12.7 Å². The van der Waals surface area contributed by atoms with Gasteiger partial charge in [-0.1, -0.05) is 35.5 Å². The first-order valence-corrected chi connectivity index (χ1v) is 7.84. The van der Waals surface area contributed by atoms with Crippen LogP contribution in [0.2, 0.25) is 0 Å². The standard InChI is InChI=1S/C19H19FN2O2/c1-13-6-3-4-9-17(13)18-11-16(24-21-18)12-22(2)19(23)14-7-5-8-15(20)10-14/h3-10,16H,11-12H2,1-2H3. The van der Waals surface area contributed by atoms with E-state index in [1.165, 1.54) is 23.1 Å². The smallest absolute Gasteiger partial charge is 0.253 e. The highest BCUT2D eigenvalue weighted by atomic mass is 19.1. The van der Waals surface area contributed by atoms with Crippen molar-refractivity contribution in [1.29, 1.82) is 0 Å². The summed E-state index contributed by atoms with van der Waals surface area (Å²) in [5, 5.41) is 4.17. The molecule has 0 aliphatic carbocycles. The van der Waals surface area contributed by atoms with Gasteiger partial charge in [-0.05, 0) is 30.7 Å². The van der Waals surface area contributed by atoms with E-state index in [0.29, 0.717) is 18.5 Å². The van der Waals surface area contributed by atoms with Crippen molar-refractivity contribution in [2.24, 2.45) is 5.16 Å². The van der Waals surface area contributed by atoms with Crippen molar-refractivity contribution in [2.45, 2.75) is 19.4 Å². The largest absolute Gasteiger partial charge is 0.390 e. The monoisotopic (exact) mass is 326 g/mol. The van der Waals surface area contributed by atoms with Crippen molar-refractivity contribution in [3.63, 3.8) is 0 Å². The van der Waals surface area contributed by atoms with E-state index in [4.69, 9.17) is 4.84 Å². The first-order valence-electron chi connectivity index (χ1n) is 7.84. The van der Waals surface area contributed by atoms with Gasteiger partial charge in [0, 0.05) is 24.6 Å². The Hall–Kier alpha value is -2.69. The molecule has 0 radical (unpaired) electrons. The van der Waals surface area contributed by atoms with Crippen LogP contribution in [0.4, 0.5) is 4.39 Å². The fraction of sp³-hybridized carbons (Fsp3) is 0.263. The van der Waals surface area contributed by atoms with E-state index < -0.39 is 5.82 Å². The Bertz CT molecular complexity index is 788. The summed E-state index contributed by atoms with van der Waals surface area (Å²) in [5.41, 5.74) is 3.43. The Kier molecular flexibility index (Phi) is 4.60. The molecule has 0 N–H and O–H groups in total. The Labute approximate surface area is 140 Å². The van der Waals surface area contributed by atoms with Gasteiger partial charge in [-0.2, -0.15) is 0 Å². The SMILES string of the molecule is Cc1ccccc1C1=NOC(CN(C)C(=O)c2cccc(F)c2)C1. The molecule has 3 rings (SSSR count). The molecule has 2 aromatic carbocycles. The molecule has 0 bridgehead atoms. The number of likely N-dealkylation sites (N-methyl/N-ethyl adjacent to an activating group) is 1. The van der Waals surface area contributed by atoms with Crippen LogP contribution < -0.4 is 0 Å². The van der Waals surface area contributed by atoms with Gasteiger partial charge in [0.1, 0.15) is 5.82 Å². The number of carbonyl (C=O) groups excluding carboxylic acids is 1.